The maximum Gasteiger partial charge on any atom is 0.146 e. The van der Waals surface area contributed by atoms with Crippen LogP contribution in [0.5, 0.6) is 0 Å². The standard InChI is InChI=1S/C9H9BClN3O.C2H6/c1-5-6-4-12-8(11)3-7(6)14(13-5)9(2,10)15;1-2/h3-4,15H,1-2H3;1-2H3. The van der Waals surface area contributed by atoms with E-state index in [2.05, 4.69) is 10.1 Å². The highest BCUT2D eigenvalue weighted by atomic mass is 35.5. The predicted molar refractivity (Wildman–Crippen MR) is 70.2 cm³/mol. The van der Waals surface area contributed by atoms with E-state index in [1.54, 1.807) is 12.3 Å². The number of nitrogens with zero attached hydrogens (tertiary/aromatic N) is 3. The van der Waals surface area contributed by atoms with E-state index in [9.17, 15) is 5.11 Å². The molecular weight excluding hydrogens is 236 g/mol. The summed E-state index contributed by atoms with van der Waals surface area (Å²) in [7, 11) is 5.58. The van der Waals surface area contributed by atoms with Crippen LogP contribution in [0.25, 0.3) is 10.9 Å². The lowest BCUT2D eigenvalue weighted by molar-refractivity contribution is 0.0635. The molecule has 90 valence electrons. The van der Waals surface area contributed by atoms with Gasteiger partial charge in [0.15, 0.2) is 0 Å². The number of aliphatic hydroxyl groups is 1. The average molecular weight is 252 g/mol. The molecule has 0 aliphatic heterocycles. The van der Waals surface area contributed by atoms with E-state index in [1.165, 1.54) is 11.6 Å². The summed E-state index contributed by atoms with van der Waals surface area (Å²) in [6.45, 7) is 7.27. The Morgan fingerprint density at radius 2 is 2.06 bits per heavy atom. The molecule has 2 heterocycles. The molecular formula is C11H15BClN3O. The number of hydrogen-bond donors (Lipinski definition) is 1. The third-order valence-corrected chi connectivity index (χ3v) is 2.35. The molecule has 0 aromatic carbocycles. The molecule has 1 N–H and O–H groups in total. The van der Waals surface area contributed by atoms with Gasteiger partial charge in [0, 0.05) is 17.6 Å². The van der Waals surface area contributed by atoms with Crippen LogP contribution >= 0.6 is 11.6 Å². The van der Waals surface area contributed by atoms with Crippen molar-refractivity contribution in [2.45, 2.75) is 33.3 Å². The third kappa shape index (κ3) is 2.79. The van der Waals surface area contributed by atoms with Gasteiger partial charge >= 0.3 is 0 Å². The van der Waals surface area contributed by atoms with Crippen LogP contribution in [0.1, 0.15) is 26.5 Å². The fourth-order valence-corrected chi connectivity index (χ4v) is 1.63. The largest absolute Gasteiger partial charge is 0.379 e. The predicted octanol–water partition coefficient (Wildman–Crippen LogP) is 2.21. The highest BCUT2D eigenvalue weighted by Crippen LogP contribution is 2.23. The maximum atomic E-state index is 9.71. The SMILES string of the molecule is CC.[B]C(C)(O)n1nc(C)c2cnc(Cl)cc21. The van der Waals surface area contributed by atoms with Crippen LogP contribution in [0.15, 0.2) is 12.3 Å². The molecule has 0 bridgehead atoms. The molecule has 0 aliphatic rings. The van der Waals surface area contributed by atoms with Crippen molar-refractivity contribution in [2.75, 3.05) is 0 Å². The number of aryl methyl sites for hydroxylation is 1. The van der Waals surface area contributed by atoms with Crippen molar-refractivity contribution in [1.82, 2.24) is 14.8 Å². The van der Waals surface area contributed by atoms with E-state index in [1.807, 2.05) is 20.8 Å². The number of rotatable bonds is 1. The van der Waals surface area contributed by atoms with E-state index in [-0.39, 0.29) is 0 Å². The number of fused-ring (bicyclic) bond motifs is 1. The molecule has 0 aliphatic carbocycles. The van der Waals surface area contributed by atoms with Gasteiger partial charge in [-0.1, -0.05) is 25.4 Å². The molecule has 0 saturated carbocycles. The minimum Gasteiger partial charge on any atom is -0.379 e. The number of pyridine rings is 1. The molecule has 2 aromatic rings. The van der Waals surface area contributed by atoms with Gasteiger partial charge in [0.25, 0.3) is 0 Å². The van der Waals surface area contributed by atoms with Crippen LogP contribution in [0.3, 0.4) is 0 Å². The lowest BCUT2D eigenvalue weighted by Gasteiger charge is -2.19. The van der Waals surface area contributed by atoms with Crippen molar-refractivity contribution < 1.29 is 5.11 Å². The Hall–Kier alpha value is -1.07. The number of aromatic nitrogens is 3. The normalized spacial score (nSPS) is 14.0. The maximum absolute atomic E-state index is 9.71. The summed E-state index contributed by atoms with van der Waals surface area (Å²) in [5.41, 5.74) is -0.128. The monoisotopic (exact) mass is 251 g/mol. The van der Waals surface area contributed by atoms with Crippen molar-refractivity contribution >= 4 is 30.4 Å². The zero-order chi connectivity index (χ0) is 13.2. The van der Waals surface area contributed by atoms with Gasteiger partial charge in [-0.15, -0.1) is 0 Å². The number of hydrogen-bond acceptors (Lipinski definition) is 3. The zero-order valence-electron chi connectivity index (χ0n) is 10.4. The molecule has 17 heavy (non-hydrogen) atoms. The Labute approximate surface area is 107 Å². The Morgan fingerprint density at radius 3 is 2.59 bits per heavy atom. The zero-order valence-corrected chi connectivity index (χ0v) is 11.2. The summed E-state index contributed by atoms with van der Waals surface area (Å²) in [5.74, 6) is 0. The van der Waals surface area contributed by atoms with E-state index < -0.39 is 5.62 Å². The van der Waals surface area contributed by atoms with Crippen molar-refractivity contribution in [1.29, 1.82) is 0 Å². The minimum atomic E-state index is -1.54. The summed E-state index contributed by atoms with van der Waals surface area (Å²) in [6, 6.07) is 1.62. The van der Waals surface area contributed by atoms with E-state index in [0.717, 1.165) is 11.1 Å². The van der Waals surface area contributed by atoms with Crippen molar-refractivity contribution in [3.05, 3.63) is 23.1 Å². The van der Waals surface area contributed by atoms with Gasteiger partial charge in [-0.3, -0.25) is 0 Å². The van der Waals surface area contributed by atoms with Gasteiger partial charge in [-0.05, 0) is 13.8 Å². The molecule has 0 saturated heterocycles. The fraction of sp³-hybridized carbons (Fsp3) is 0.455. The molecule has 0 spiro atoms. The van der Waals surface area contributed by atoms with Gasteiger partial charge in [0.2, 0.25) is 0 Å². The van der Waals surface area contributed by atoms with Gasteiger partial charge in [-0.2, -0.15) is 5.10 Å². The summed E-state index contributed by atoms with van der Waals surface area (Å²) < 4.78 is 1.32. The second-order valence-corrected chi connectivity index (χ2v) is 4.00. The molecule has 1 atom stereocenters. The number of halogens is 1. The van der Waals surface area contributed by atoms with Crippen LogP contribution in [0.2, 0.25) is 5.15 Å². The summed E-state index contributed by atoms with van der Waals surface area (Å²) in [6.07, 6.45) is 1.61. The summed E-state index contributed by atoms with van der Waals surface area (Å²) in [4.78, 5) is 3.95. The van der Waals surface area contributed by atoms with Crippen LogP contribution < -0.4 is 0 Å². The molecule has 6 heteroatoms. The van der Waals surface area contributed by atoms with Crippen molar-refractivity contribution in [3.63, 3.8) is 0 Å². The Kier molecular flexibility index (Phi) is 4.17. The first-order valence-corrected chi connectivity index (χ1v) is 5.80. The second kappa shape index (κ2) is 5.06. The Morgan fingerprint density at radius 1 is 1.47 bits per heavy atom. The molecule has 2 aromatic heterocycles. The van der Waals surface area contributed by atoms with E-state index in [0.29, 0.717) is 10.7 Å². The first kappa shape index (κ1) is 14.0. The molecule has 0 fully saturated rings. The highest BCUT2D eigenvalue weighted by Gasteiger charge is 2.20. The lowest BCUT2D eigenvalue weighted by atomic mass is 9.93. The topological polar surface area (TPSA) is 50.9 Å². The van der Waals surface area contributed by atoms with Crippen LogP contribution in [0.4, 0.5) is 0 Å². The fourth-order valence-electron chi connectivity index (χ4n) is 1.48. The van der Waals surface area contributed by atoms with E-state index >= 15 is 0 Å². The lowest BCUT2D eigenvalue weighted by Crippen LogP contribution is -2.30. The van der Waals surface area contributed by atoms with Crippen LogP contribution in [-0.2, 0) is 5.62 Å². The molecule has 2 rings (SSSR count). The summed E-state index contributed by atoms with van der Waals surface area (Å²) in [5, 5.41) is 15.0. The van der Waals surface area contributed by atoms with Crippen LogP contribution in [0, 0.1) is 6.92 Å². The van der Waals surface area contributed by atoms with Crippen LogP contribution in [-0.4, -0.2) is 27.7 Å². The first-order chi connectivity index (χ1) is 7.89. The van der Waals surface area contributed by atoms with Crippen molar-refractivity contribution in [3.8, 4) is 0 Å². The smallest absolute Gasteiger partial charge is 0.146 e. The first-order valence-electron chi connectivity index (χ1n) is 5.42. The summed E-state index contributed by atoms with van der Waals surface area (Å²) >= 11 is 5.78. The molecule has 0 amide bonds. The minimum absolute atomic E-state index is 0.341. The quantitative estimate of drug-likeness (QED) is 0.624. The van der Waals surface area contributed by atoms with Gasteiger partial charge in [0.05, 0.1) is 11.2 Å². The third-order valence-electron chi connectivity index (χ3n) is 2.15. The van der Waals surface area contributed by atoms with Crippen molar-refractivity contribution in [2.24, 2.45) is 0 Å². The molecule has 2 radical (unpaired) electrons. The highest BCUT2D eigenvalue weighted by molar-refractivity contribution is 6.30. The van der Waals surface area contributed by atoms with Gasteiger partial charge in [-0.25, -0.2) is 9.67 Å². The Bertz CT molecular complexity index is 519. The Balaban J connectivity index is 0.000000686. The molecule has 4 nitrogen and oxygen atoms in total. The second-order valence-electron chi connectivity index (χ2n) is 3.62. The van der Waals surface area contributed by atoms with E-state index in [4.69, 9.17) is 19.4 Å². The van der Waals surface area contributed by atoms with Gasteiger partial charge in [0.1, 0.15) is 18.6 Å². The molecule has 1 unspecified atom stereocenters. The van der Waals surface area contributed by atoms with Gasteiger partial charge < -0.3 is 5.11 Å². The average Bonchev–Trinajstić information content (AvgIpc) is 2.58.